The van der Waals surface area contributed by atoms with Crippen LogP contribution in [0.1, 0.15) is 18.4 Å². The van der Waals surface area contributed by atoms with Crippen LogP contribution in [0.4, 0.5) is 11.4 Å². The van der Waals surface area contributed by atoms with Gasteiger partial charge in [-0.05, 0) is 44.0 Å². The molecule has 0 aliphatic carbocycles. The molecule has 1 N–H and O–H groups in total. The number of carbonyl (C=O) groups is 3. The summed E-state index contributed by atoms with van der Waals surface area (Å²) in [5, 5.41) is 1.99. The Balaban J connectivity index is 1.55. The molecule has 150 valence electrons. The van der Waals surface area contributed by atoms with Gasteiger partial charge in [-0.1, -0.05) is 29.8 Å². The molecule has 0 spiro atoms. The van der Waals surface area contributed by atoms with Crippen LogP contribution in [-0.4, -0.2) is 47.5 Å². The molecule has 0 bridgehead atoms. The van der Waals surface area contributed by atoms with Crippen molar-refractivity contribution in [3.63, 3.8) is 0 Å². The molecule has 4 rings (SSSR count). The molecule has 2 aromatic carbocycles. The SMILES string of the molecule is Cc1ccc(NC(=O)CN2C(=O)[C@H](C(=O)N3CCCC3)Sc3ccccc32)cc1. The minimum Gasteiger partial charge on any atom is -0.341 e. The van der Waals surface area contributed by atoms with Crippen molar-refractivity contribution in [1.82, 2.24) is 4.90 Å². The number of anilines is 2. The van der Waals surface area contributed by atoms with E-state index in [1.165, 1.54) is 16.7 Å². The molecule has 3 amide bonds. The number of aryl methyl sites for hydroxylation is 1. The first-order valence-corrected chi connectivity index (χ1v) is 10.6. The molecule has 0 radical (unpaired) electrons. The fraction of sp³-hybridized carbons (Fsp3) is 0.318. The molecule has 0 aromatic heterocycles. The summed E-state index contributed by atoms with van der Waals surface area (Å²) in [6.45, 7) is 3.23. The number of thioether (sulfide) groups is 1. The van der Waals surface area contributed by atoms with E-state index in [-0.39, 0.29) is 24.3 Å². The van der Waals surface area contributed by atoms with Crippen molar-refractivity contribution in [3.8, 4) is 0 Å². The lowest BCUT2D eigenvalue weighted by Crippen LogP contribution is -2.51. The van der Waals surface area contributed by atoms with E-state index in [9.17, 15) is 14.4 Å². The lowest BCUT2D eigenvalue weighted by molar-refractivity contribution is -0.134. The summed E-state index contributed by atoms with van der Waals surface area (Å²) in [6, 6.07) is 14.9. The molecule has 1 fully saturated rings. The molecule has 1 saturated heterocycles. The maximum Gasteiger partial charge on any atom is 0.250 e. The third kappa shape index (κ3) is 4.15. The van der Waals surface area contributed by atoms with Crippen molar-refractivity contribution in [2.75, 3.05) is 29.9 Å². The predicted octanol–water partition coefficient (Wildman–Crippen LogP) is 3.06. The van der Waals surface area contributed by atoms with Gasteiger partial charge in [0.1, 0.15) is 6.54 Å². The van der Waals surface area contributed by atoms with Crippen LogP contribution in [0.3, 0.4) is 0 Å². The summed E-state index contributed by atoms with van der Waals surface area (Å²) in [6.07, 6.45) is 1.94. The Morgan fingerprint density at radius 2 is 1.76 bits per heavy atom. The Kier molecular flexibility index (Phi) is 5.58. The van der Waals surface area contributed by atoms with Crippen LogP contribution in [-0.2, 0) is 14.4 Å². The topological polar surface area (TPSA) is 69.7 Å². The molecule has 2 aliphatic rings. The number of fused-ring (bicyclic) bond motifs is 1. The van der Waals surface area contributed by atoms with Gasteiger partial charge in [0.2, 0.25) is 11.8 Å². The van der Waals surface area contributed by atoms with Gasteiger partial charge in [0.05, 0.1) is 5.69 Å². The van der Waals surface area contributed by atoms with Gasteiger partial charge in [0, 0.05) is 23.7 Å². The number of hydrogen-bond acceptors (Lipinski definition) is 4. The third-order valence-corrected chi connectivity index (χ3v) is 6.41. The van der Waals surface area contributed by atoms with E-state index in [2.05, 4.69) is 5.32 Å². The van der Waals surface area contributed by atoms with Crippen molar-refractivity contribution in [3.05, 3.63) is 54.1 Å². The quantitative estimate of drug-likeness (QED) is 0.788. The number of hydrogen-bond donors (Lipinski definition) is 1. The van der Waals surface area contributed by atoms with Gasteiger partial charge in [-0.15, -0.1) is 11.8 Å². The fourth-order valence-electron chi connectivity index (χ4n) is 3.62. The molecule has 2 aliphatic heterocycles. The zero-order valence-corrected chi connectivity index (χ0v) is 17.1. The van der Waals surface area contributed by atoms with Gasteiger partial charge < -0.3 is 15.1 Å². The zero-order chi connectivity index (χ0) is 20.4. The monoisotopic (exact) mass is 409 g/mol. The van der Waals surface area contributed by atoms with Crippen molar-refractivity contribution in [2.24, 2.45) is 0 Å². The molecule has 29 heavy (non-hydrogen) atoms. The summed E-state index contributed by atoms with van der Waals surface area (Å²) in [5.74, 6) is -0.781. The number of likely N-dealkylation sites (tertiary alicyclic amines) is 1. The standard InChI is InChI=1S/C22H23N3O3S/c1-15-8-10-16(11-9-15)23-19(26)14-25-17-6-2-3-7-18(17)29-20(22(25)28)21(27)24-12-4-5-13-24/h2-3,6-11,20H,4-5,12-14H2,1H3,(H,23,26)/t20-/m0/s1. The van der Waals surface area contributed by atoms with Crippen molar-refractivity contribution in [1.29, 1.82) is 0 Å². The van der Waals surface area contributed by atoms with E-state index in [1.54, 1.807) is 4.90 Å². The highest BCUT2D eigenvalue weighted by Crippen LogP contribution is 2.40. The molecular weight excluding hydrogens is 386 g/mol. The molecule has 0 unspecified atom stereocenters. The minimum atomic E-state index is -0.838. The minimum absolute atomic E-state index is 0.131. The van der Waals surface area contributed by atoms with E-state index in [0.29, 0.717) is 24.5 Å². The Morgan fingerprint density at radius 1 is 1.07 bits per heavy atom. The van der Waals surface area contributed by atoms with Gasteiger partial charge in [0.25, 0.3) is 5.91 Å². The van der Waals surface area contributed by atoms with Crippen LogP contribution in [0.2, 0.25) is 0 Å². The first-order valence-electron chi connectivity index (χ1n) is 9.75. The number of benzene rings is 2. The van der Waals surface area contributed by atoms with Crippen molar-refractivity contribution < 1.29 is 14.4 Å². The Bertz CT molecular complexity index is 939. The average molecular weight is 410 g/mol. The molecular formula is C22H23N3O3S. The van der Waals surface area contributed by atoms with Crippen molar-refractivity contribution >= 4 is 40.9 Å². The van der Waals surface area contributed by atoms with Crippen LogP contribution in [0.5, 0.6) is 0 Å². The molecule has 6 nitrogen and oxygen atoms in total. The maximum atomic E-state index is 13.2. The molecule has 1 atom stereocenters. The maximum absolute atomic E-state index is 13.2. The molecule has 0 saturated carbocycles. The van der Waals surface area contributed by atoms with Gasteiger partial charge in [-0.3, -0.25) is 14.4 Å². The Hall–Kier alpha value is -2.80. The second-order valence-corrected chi connectivity index (χ2v) is 8.48. The first-order chi connectivity index (χ1) is 14.0. The summed E-state index contributed by atoms with van der Waals surface area (Å²) in [7, 11) is 0. The summed E-state index contributed by atoms with van der Waals surface area (Å²) in [5.41, 5.74) is 2.45. The number of amides is 3. The summed E-state index contributed by atoms with van der Waals surface area (Å²) in [4.78, 5) is 42.8. The van der Waals surface area contributed by atoms with Crippen LogP contribution >= 0.6 is 11.8 Å². The van der Waals surface area contributed by atoms with E-state index in [1.807, 2.05) is 55.5 Å². The lowest BCUT2D eigenvalue weighted by Gasteiger charge is -2.34. The van der Waals surface area contributed by atoms with E-state index >= 15 is 0 Å². The molecule has 2 heterocycles. The molecule has 2 aromatic rings. The van der Waals surface area contributed by atoms with Gasteiger partial charge in [0.15, 0.2) is 5.25 Å². The third-order valence-electron chi connectivity index (χ3n) is 5.17. The summed E-state index contributed by atoms with van der Waals surface area (Å²) >= 11 is 1.28. The fourth-order valence-corrected chi connectivity index (χ4v) is 4.81. The van der Waals surface area contributed by atoms with Crippen molar-refractivity contribution in [2.45, 2.75) is 29.9 Å². The highest BCUT2D eigenvalue weighted by atomic mass is 32.2. The van der Waals surface area contributed by atoms with E-state index in [4.69, 9.17) is 0 Å². The van der Waals surface area contributed by atoms with E-state index in [0.717, 1.165) is 23.3 Å². The smallest absolute Gasteiger partial charge is 0.250 e. The second-order valence-electron chi connectivity index (χ2n) is 7.34. The summed E-state index contributed by atoms with van der Waals surface area (Å²) < 4.78 is 0. The highest BCUT2D eigenvalue weighted by Gasteiger charge is 2.41. The van der Waals surface area contributed by atoms with Gasteiger partial charge in [-0.2, -0.15) is 0 Å². The number of nitrogens with zero attached hydrogens (tertiary/aromatic N) is 2. The first kappa shape index (κ1) is 19.5. The van der Waals surface area contributed by atoms with Crippen LogP contribution in [0.15, 0.2) is 53.4 Å². The van der Waals surface area contributed by atoms with Crippen LogP contribution in [0.25, 0.3) is 0 Å². The number of rotatable bonds is 4. The molecule has 7 heteroatoms. The predicted molar refractivity (Wildman–Crippen MR) is 114 cm³/mol. The Morgan fingerprint density at radius 3 is 2.48 bits per heavy atom. The largest absolute Gasteiger partial charge is 0.341 e. The van der Waals surface area contributed by atoms with Gasteiger partial charge in [-0.25, -0.2) is 0 Å². The lowest BCUT2D eigenvalue weighted by atomic mass is 10.2. The van der Waals surface area contributed by atoms with E-state index < -0.39 is 5.25 Å². The number of nitrogens with one attached hydrogen (secondary N) is 1. The zero-order valence-electron chi connectivity index (χ0n) is 16.3. The highest BCUT2D eigenvalue weighted by molar-refractivity contribution is 8.01. The van der Waals surface area contributed by atoms with Crippen LogP contribution < -0.4 is 10.2 Å². The van der Waals surface area contributed by atoms with Gasteiger partial charge >= 0.3 is 0 Å². The number of para-hydroxylation sites is 1. The Labute approximate surface area is 174 Å². The van der Waals surface area contributed by atoms with Crippen LogP contribution in [0, 0.1) is 6.92 Å². The second kappa shape index (κ2) is 8.29. The average Bonchev–Trinajstić information content (AvgIpc) is 3.26. The normalized spacial score (nSPS) is 18.5. The number of carbonyl (C=O) groups excluding carboxylic acids is 3.